The Labute approximate surface area is 200 Å². The number of benzene rings is 4. The van der Waals surface area contributed by atoms with Gasteiger partial charge in [-0.25, -0.2) is 0 Å². The van der Waals surface area contributed by atoms with Crippen molar-refractivity contribution in [3.05, 3.63) is 98.4 Å². The molecule has 0 atom stereocenters. The van der Waals surface area contributed by atoms with Gasteiger partial charge < -0.3 is 14.8 Å². The monoisotopic (exact) mass is 515 g/mol. The Morgan fingerprint density at radius 1 is 0.903 bits per heavy atom. The molecule has 4 aromatic rings. The van der Waals surface area contributed by atoms with Crippen LogP contribution in [0.4, 0.5) is 5.69 Å². The molecule has 0 heterocycles. The maximum absolute atomic E-state index is 6.20. The molecule has 0 aromatic heterocycles. The molecule has 1 N–H and O–H groups in total. The van der Waals surface area contributed by atoms with E-state index < -0.39 is 0 Å². The molecule has 0 fully saturated rings. The molecule has 4 rings (SSSR count). The molecule has 0 radical (unpaired) electrons. The third-order valence-electron chi connectivity index (χ3n) is 5.00. The second-order valence-corrected chi connectivity index (χ2v) is 8.64. The number of anilines is 1. The molecule has 0 amide bonds. The number of halogens is 3. The lowest BCUT2D eigenvalue weighted by atomic mass is 10.1. The average molecular weight is 517 g/mol. The molecule has 0 saturated carbocycles. The lowest BCUT2D eigenvalue weighted by Crippen LogP contribution is -2.06. The molecule has 0 saturated heterocycles. The summed E-state index contributed by atoms with van der Waals surface area (Å²) in [6.45, 7) is 0.896. The van der Waals surface area contributed by atoms with E-state index in [2.05, 4.69) is 45.5 Å². The van der Waals surface area contributed by atoms with Crippen LogP contribution in [0.1, 0.15) is 11.1 Å². The van der Waals surface area contributed by atoms with Gasteiger partial charge in [0.15, 0.2) is 11.5 Å². The van der Waals surface area contributed by atoms with Crippen molar-refractivity contribution in [2.75, 3.05) is 12.4 Å². The molecule has 0 spiro atoms. The summed E-state index contributed by atoms with van der Waals surface area (Å²) in [6, 6.07) is 23.8. The lowest BCUT2D eigenvalue weighted by Gasteiger charge is -2.18. The summed E-state index contributed by atoms with van der Waals surface area (Å²) < 4.78 is 12.7. The number of hydrogen-bond donors (Lipinski definition) is 1. The second kappa shape index (κ2) is 9.82. The summed E-state index contributed by atoms with van der Waals surface area (Å²) in [5, 5.41) is 6.92. The summed E-state index contributed by atoms with van der Waals surface area (Å²) in [7, 11) is 1.64. The van der Waals surface area contributed by atoms with Gasteiger partial charge in [0.05, 0.1) is 17.2 Å². The zero-order valence-electron chi connectivity index (χ0n) is 16.8. The van der Waals surface area contributed by atoms with Crippen LogP contribution in [-0.2, 0) is 13.2 Å². The number of ether oxygens (including phenoxy) is 2. The van der Waals surface area contributed by atoms with Crippen LogP contribution in [0, 0.1) is 0 Å². The largest absolute Gasteiger partial charge is 0.493 e. The minimum Gasteiger partial charge on any atom is -0.493 e. The first-order valence-corrected chi connectivity index (χ1v) is 11.3. The van der Waals surface area contributed by atoms with E-state index in [0.29, 0.717) is 34.7 Å². The van der Waals surface area contributed by atoms with Crippen molar-refractivity contribution in [3.8, 4) is 11.5 Å². The topological polar surface area (TPSA) is 30.5 Å². The second-order valence-electron chi connectivity index (χ2n) is 6.97. The normalized spacial score (nSPS) is 10.8. The van der Waals surface area contributed by atoms with Gasteiger partial charge >= 0.3 is 0 Å². The van der Waals surface area contributed by atoms with Gasteiger partial charge in [-0.05, 0) is 41.3 Å². The average Bonchev–Trinajstić information content (AvgIpc) is 2.79. The summed E-state index contributed by atoms with van der Waals surface area (Å²) in [4.78, 5) is 0. The van der Waals surface area contributed by atoms with Gasteiger partial charge in [-0.1, -0.05) is 81.6 Å². The maximum atomic E-state index is 6.20. The van der Waals surface area contributed by atoms with E-state index >= 15 is 0 Å². The molecule has 4 aromatic carbocycles. The van der Waals surface area contributed by atoms with Crippen LogP contribution in [0.25, 0.3) is 10.8 Å². The van der Waals surface area contributed by atoms with Gasteiger partial charge in [0, 0.05) is 27.7 Å². The van der Waals surface area contributed by atoms with E-state index in [0.717, 1.165) is 21.3 Å². The SMILES string of the molecule is COc1ccc(Br)c(CNc2cccc3ccccc23)c1OCc1ccc(Cl)c(Cl)c1. The third-order valence-corrected chi connectivity index (χ3v) is 6.48. The van der Waals surface area contributed by atoms with Crippen molar-refractivity contribution in [2.24, 2.45) is 0 Å². The van der Waals surface area contributed by atoms with Crippen LogP contribution in [0.5, 0.6) is 11.5 Å². The third kappa shape index (κ3) is 4.93. The smallest absolute Gasteiger partial charge is 0.167 e. The Kier molecular flexibility index (Phi) is 6.91. The van der Waals surface area contributed by atoms with Crippen molar-refractivity contribution in [1.29, 1.82) is 0 Å². The number of nitrogens with one attached hydrogen (secondary N) is 1. The first-order valence-electron chi connectivity index (χ1n) is 9.70. The van der Waals surface area contributed by atoms with Crippen LogP contribution in [-0.4, -0.2) is 7.11 Å². The minimum atomic E-state index is 0.338. The molecule has 6 heteroatoms. The summed E-state index contributed by atoms with van der Waals surface area (Å²) in [5.41, 5.74) is 2.94. The van der Waals surface area contributed by atoms with Gasteiger partial charge in [0.25, 0.3) is 0 Å². The Morgan fingerprint density at radius 2 is 1.71 bits per heavy atom. The van der Waals surface area contributed by atoms with Gasteiger partial charge in [-0.2, -0.15) is 0 Å². The van der Waals surface area contributed by atoms with Crippen LogP contribution in [0.15, 0.2) is 77.3 Å². The molecule has 3 nitrogen and oxygen atoms in total. The Bertz CT molecular complexity index is 1220. The zero-order valence-corrected chi connectivity index (χ0v) is 19.9. The van der Waals surface area contributed by atoms with Crippen molar-refractivity contribution >= 4 is 55.6 Å². The molecule has 0 aliphatic rings. The lowest BCUT2D eigenvalue weighted by molar-refractivity contribution is 0.281. The highest BCUT2D eigenvalue weighted by molar-refractivity contribution is 9.10. The standard InChI is InChI=1S/C25H20BrCl2NO2/c1-30-24-12-10-20(26)19(25(24)31-15-16-9-11-21(27)22(28)13-16)14-29-23-8-4-6-17-5-2-3-7-18(17)23/h2-13,29H,14-15H2,1H3. The van der Waals surface area contributed by atoms with Gasteiger partial charge in [0.1, 0.15) is 6.61 Å². The summed E-state index contributed by atoms with van der Waals surface area (Å²) in [5.74, 6) is 1.34. The van der Waals surface area contributed by atoms with Gasteiger partial charge in [-0.15, -0.1) is 0 Å². The molecule has 0 aliphatic heterocycles. The molecule has 158 valence electrons. The fraction of sp³-hybridized carbons (Fsp3) is 0.120. The van der Waals surface area contributed by atoms with Gasteiger partial charge in [0.2, 0.25) is 0 Å². The molecule has 0 bridgehead atoms. The van der Waals surface area contributed by atoms with Gasteiger partial charge in [-0.3, -0.25) is 0 Å². The molecular formula is C25H20BrCl2NO2. The number of rotatable bonds is 7. The molecule has 31 heavy (non-hydrogen) atoms. The van der Waals surface area contributed by atoms with E-state index in [-0.39, 0.29) is 0 Å². The van der Waals surface area contributed by atoms with Crippen LogP contribution in [0.2, 0.25) is 10.0 Å². The highest BCUT2D eigenvalue weighted by Crippen LogP contribution is 2.38. The quantitative estimate of drug-likeness (QED) is 0.269. The number of methoxy groups -OCH3 is 1. The van der Waals surface area contributed by atoms with E-state index in [1.165, 1.54) is 10.8 Å². The van der Waals surface area contributed by atoms with Crippen LogP contribution in [0.3, 0.4) is 0 Å². The van der Waals surface area contributed by atoms with Crippen molar-refractivity contribution < 1.29 is 9.47 Å². The number of hydrogen-bond acceptors (Lipinski definition) is 3. The van der Waals surface area contributed by atoms with Crippen LogP contribution < -0.4 is 14.8 Å². The maximum Gasteiger partial charge on any atom is 0.167 e. The van der Waals surface area contributed by atoms with Crippen molar-refractivity contribution in [1.82, 2.24) is 0 Å². The molecule has 0 unspecified atom stereocenters. The predicted octanol–water partition coefficient (Wildman–Crippen LogP) is 8.11. The van der Waals surface area contributed by atoms with E-state index in [1.54, 1.807) is 13.2 Å². The summed E-state index contributed by atoms with van der Waals surface area (Å²) in [6.07, 6.45) is 0. The first kappa shape index (κ1) is 21.8. The predicted molar refractivity (Wildman–Crippen MR) is 133 cm³/mol. The Hall–Kier alpha value is -2.40. The fourth-order valence-corrected chi connectivity index (χ4v) is 4.19. The first-order chi connectivity index (χ1) is 15.1. The minimum absolute atomic E-state index is 0.338. The van der Waals surface area contributed by atoms with Crippen molar-refractivity contribution in [3.63, 3.8) is 0 Å². The Morgan fingerprint density at radius 3 is 2.52 bits per heavy atom. The van der Waals surface area contributed by atoms with E-state index in [1.807, 2.05) is 42.5 Å². The highest BCUT2D eigenvalue weighted by atomic mass is 79.9. The Balaban J connectivity index is 1.61. The zero-order chi connectivity index (χ0) is 21.8. The molecular weight excluding hydrogens is 497 g/mol. The van der Waals surface area contributed by atoms with E-state index in [4.69, 9.17) is 32.7 Å². The van der Waals surface area contributed by atoms with Crippen molar-refractivity contribution in [2.45, 2.75) is 13.2 Å². The highest BCUT2D eigenvalue weighted by Gasteiger charge is 2.16. The van der Waals surface area contributed by atoms with E-state index in [9.17, 15) is 0 Å². The summed E-state index contributed by atoms with van der Waals surface area (Å²) >= 11 is 15.8. The molecule has 0 aliphatic carbocycles. The van der Waals surface area contributed by atoms with Crippen LogP contribution >= 0.6 is 39.1 Å². The fourth-order valence-electron chi connectivity index (χ4n) is 3.41. The number of fused-ring (bicyclic) bond motifs is 1.